The van der Waals surface area contributed by atoms with Crippen molar-refractivity contribution >= 4 is 12.3 Å². The monoisotopic (exact) mass is 213 g/mol. The van der Waals surface area contributed by atoms with Crippen molar-refractivity contribution in [2.24, 2.45) is 4.99 Å². The molecular weight excluding hydrogens is 194 g/mol. The molecule has 0 heterocycles. The lowest BCUT2D eigenvalue weighted by Gasteiger charge is -2.07. The lowest BCUT2D eigenvalue weighted by atomic mass is 9.98. The first-order chi connectivity index (χ1) is 7.69. The second kappa shape index (κ2) is 6.06. The van der Waals surface area contributed by atoms with Gasteiger partial charge in [-0.1, -0.05) is 42.8 Å². The number of aliphatic imine (C=N–C) groups is 1. The quantitative estimate of drug-likeness (QED) is 0.522. The fourth-order valence-corrected chi connectivity index (χ4v) is 1.59. The molecule has 0 aliphatic carbocycles. The van der Waals surface area contributed by atoms with Gasteiger partial charge in [-0.05, 0) is 43.7 Å². The molecule has 84 valence electrons. The molecule has 0 saturated carbocycles. The van der Waals surface area contributed by atoms with Crippen LogP contribution >= 0.6 is 0 Å². The summed E-state index contributed by atoms with van der Waals surface area (Å²) in [5.74, 6) is 0. The van der Waals surface area contributed by atoms with Crippen LogP contribution in [0.5, 0.6) is 0 Å². The summed E-state index contributed by atoms with van der Waals surface area (Å²) in [6.07, 6.45) is 7.09. The van der Waals surface area contributed by atoms with E-state index in [9.17, 15) is 0 Å². The zero-order chi connectivity index (χ0) is 12.0. The Labute approximate surface area is 98.2 Å². The first-order valence-electron chi connectivity index (χ1n) is 5.59. The maximum Gasteiger partial charge on any atom is 0.0339 e. The zero-order valence-corrected chi connectivity index (χ0v) is 10.3. The molecule has 0 saturated heterocycles. The van der Waals surface area contributed by atoms with Crippen LogP contribution in [0.4, 0.5) is 0 Å². The van der Waals surface area contributed by atoms with Crippen molar-refractivity contribution in [2.45, 2.75) is 27.2 Å². The molecule has 0 spiro atoms. The zero-order valence-electron chi connectivity index (χ0n) is 10.3. The Morgan fingerprint density at radius 1 is 1.38 bits per heavy atom. The van der Waals surface area contributed by atoms with Crippen molar-refractivity contribution in [3.8, 4) is 0 Å². The summed E-state index contributed by atoms with van der Waals surface area (Å²) in [4.78, 5) is 3.87. The number of nitrogens with zero attached hydrogens (tertiary/aromatic N) is 1. The highest BCUT2D eigenvalue weighted by atomic mass is 14.6. The lowest BCUT2D eigenvalue weighted by molar-refractivity contribution is 1.22. The topological polar surface area (TPSA) is 12.4 Å². The van der Waals surface area contributed by atoms with Crippen molar-refractivity contribution in [2.75, 3.05) is 0 Å². The van der Waals surface area contributed by atoms with E-state index in [2.05, 4.69) is 62.8 Å². The average Bonchev–Trinajstić information content (AvgIpc) is 2.28. The molecular formula is C15H19N. The van der Waals surface area contributed by atoms with Gasteiger partial charge in [0.2, 0.25) is 0 Å². The molecule has 0 amide bonds. The third kappa shape index (κ3) is 3.20. The molecule has 0 unspecified atom stereocenters. The van der Waals surface area contributed by atoms with Gasteiger partial charge in [0.15, 0.2) is 0 Å². The van der Waals surface area contributed by atoms with Crippen LogP contribution in [0.2, 0.25) is 0 Å². The Morgan fingerprint density at radius 2 is 2.12 bits per heavy atom. The van der Waals surface area contributed by atoms with Gasteiger partial charge in [0.05, 0.1) is 0 Å². The molecule has 1 rings (SSSR count). The van der Waals surface area contributed by atoms with Gasteiger partial charge >= 0.3 is 0 Å². The molecule has 1 aromatic carbocycles. The highest BCUT2D eigenvalue weighted by Crippen LogP contribution is 2.21. The van der Waals surface area contributed by atoms with E-state index in [4.69, 9.17) is 0 Å². The Kier molecular flexibility index (Phi) is 4.71. The number of benzene rings is 1. The predicted molar refractivity (Wildman–Crippen MR) is 72.9 cm³/mol. The maximum atomic E-state index is 3.87. The minimum Gasteiger partial charge on any atom is -0.272 e. The fourth-order valence-electron chi connectivity index (χ4n) is 1.59. The molecule has 0 aliphatic rings. The van der Waals surface area contributed by atoms with Gasteiger partial charge in [0.25, 0.3) is 0 Å². The van der Waals surface area contributed by atoms with Crippen LogP contribution in [0.3, 0.4) is 0 Å². The molecule has 0 radical (unpaired) electrons. The summed E-state index contributed by atoms with van der Waals surface area (Å²) < 4.78 is 0. The van der Waals surface area contributed by atoms with E-state index in [0.717, 1.165) is 12.0 Å². The van der Waals surface area contributed by atoms with Crippen molar-refractivity contribution < 1.29 is 0 Å². The van der Waals surface area contributed by atoms with Gasteiger partial charge in [-0.2, -0.15) is 0 Å². The maximum absolute atomic E-state index is 3.87. The first kappa shape index (κ1) is 12.4. The minimum absolute atomic E-state index is 1.03. The van der Waals surface area contributed by atoms with Crippen molar-refractivity contribution in [3.05, 3.63) is 53.2 Å². The molecule has 0 N–H and O–H groups in total. The van der Waals surface area contributed by atoms with Crippen LogP contribution in [-0.2, 0) is 0 Å². The molecule has 1 nitrogen and oxygen atoms in total. The standard InChI is InChI=1S/C15H19N/c1-5-6-7-14(11-16-4)15-10-12(2)8-9-13(15)3/h6-11H,4-5H2,1-3H3/b7-6-,14-11+. The number of hydrogen-bond donors (Lipinski definition) is 0. The van der Waals surface area contributed by atoms with E-state index in [1.807, 2.05) is 6.20 Å². The van der Waals surface area contributed by atoms with Gasteiger partial charge in [0, 0.05) is 6.20 Å². The van der Waals surface area contributed by atoms with Gasteiger partial charge in [0.1, 0.15) is 0 Å². The number of aryl methyl sites for hydroxylation is 2. The summed E-state index contributed by atoms with van der Waals surface area (Å²) >= 11 is 0. The molecule has 16 heavy (non-hydrogen) atoms. The summed E-state index contributed by atoms with van der Waals surface area (Å²) in [7, 11) is 0. The number of hydrogen-bond acceptors (Lipinski definition) is 1. The Morgan fingerprint density at radius 3 is 2.75 bits per heavy atom. The van der Waals surface area contributed by atoms with Gasteiger partial charge < -0.3 is 0 Å². The third-order valence-electron chi connectivity index (χ3n) is 2.47. The van der Waals surface area contributed by atoms with Crippen LogP contribution in [-0.4, -0.2) is 6.72 Å². The highest BCUT2D eigenvalue weighted by molar-refractivity contribution is 5.76. The third-order valence-corrected chi connectivity index (χ3v) is 2.47. The fraction of sp³-hybridized carbons (Fsp3) is 0.267. The Bertz CT molecular complexity index is 425. The molecule has 0 bridgehead atoms. The molecule has 0 atom stereocenters. The summed E-state index contributed by atoms with van der Waals surface area (Å²) in [6.45, 7) is 9.87. The van der Waals surface area contributed by atoms with E-state index in [1.54, 1.807) is 0 Å². The average molecular weight is 213 g/mol. The van der Waals surface area contributed by atoms with Gasteiger partial charge in [-0.15, -0.1) is 0 Å². The van der Waals surface area contributed by atoms with Crippen LogP contribution in [0.15, 0.2) is 41.5 Å². The predicted octanol–water partition coefficient (Wildman–Crippen LogP) is 4.31. The molecule has 0 fully saturated rings. The van der Waals surface area contributed by atoms with Crippen LogP contribution in [0.1, 0.15) is 30.0 Å². The highest BCUT2D eigenvalue weighted by Gasteiger charge is 2.02. The van der Waals surface area contributed by atoms with Crippen LogP contribution in [0.25, 0.3) is 5.57 Å². The number of rotatable bonds is 4. The summed E-state index contributed by atoms with van der Waals surface area (Å²) in [5, 5.41) is 0. The normalized spacial score (nSPS) is 12.1. The van der Waals surface area contributed by atoms with Gasteiger partial charge in [-0.25, -0.2) is 0 Å². The minimum atomic E-state index is 1.03. The van der Waals surface area contributed by atoms with E-state index in [-0.39, 0.29) is 0 Å². The number of allylic oxidation sites excluding steroid dienone is 3. The molecule has 0 aliphatic heterocycles. The van der Waals surface area contributed by atoms with Crippen molar-refractivity contribution in [3.63, 3.8) is 0 Å². The van der Waals surface area contributed by atoms with Crippen LogP contribution < -0.4 is 0 Å². The largest absolute Gasteiger partial charge is 0.272 e. The molecule has 1 aromatic rings. The second-order valence-electron chi connectivity index (χ2n) is 3.90. The van der Waals surface area contributed by atoms with Gasteiger partial charge in [-0.3, -0.25) is 4.99 Å². The van der Waals surface area contributed by atoms with E-state index in [1.165, 1.54) is 16.7 Å². The Hall–Kier alpha value is -1.63. The summed E-state index contributed by atoms with van der Waals surface area (Å²) in [6, 6.07) is 6.45. The van der Waals surface area contributed by atoms with E-state index >= 15 is 0 Å². The van der Waals surface area contributed by atoms with E-state index < -0.39 is 0 Å². The smallest absolute Gasteiger partial charge is 0.0339 e. The van der Waals surface area contributed by atoms with E-state index in [0.29, 0.717) is 0 Å². The molecule has 1 heteroatoms. The van der Waals surface area contributed by atoms with Crippen molar-refractivity contribution in [1.29, 1.82) is 0 Å². The first-order valence-corrected chi connectivity index (χ1v) is 5.59. The second-order valence-corrected chi connectivity index (χ2v) is 3.90. The lowest BCUT2D eigenvalue weighted by Crippen LogP contribution is -1.88. The SMILES string of the molecule is C=N/C=C(\C=C/CC)c1cc(C)ccc1C. The molecule has 0 aromatic heterocycles. The Balaban J connectivity index is 3.20. The van der Waals surface area contributed by atoms with Crippen LogP contribution in [0, 0.1) is 13.8 Å². The van der Waals surface area contributed by atoms with Crippen molar-refractivity contribution in [1.82, 2.24) is 0 Å². The summed E-state index contributed by atoms with van der Waals surface area (Å²) in [5.41, 5.74) is 4.89.